The minimum atomic E-state index is 0.0102. The Morgan fingerprint density at radius 2 is 2.33 bits per heavy atom. The first-order chi connectivity index (χ1) is 7.16. The highest BCUT2D eigenvalue weighted by molar-refractivity contribution is 5.50. The summed E-state index contributed by atoms with van der Waals surface area (Å²) in [5.74, 6) is 1.67. The molecule has 0 aromatic carbocycles. The van der Waals surface area contributed by atoms with Crippen molar-refractivity contribution in [2.24, 2.45) is 5.73 Å². The van der Waals surface area contributed by atoms with Gasteiger partial charge in [0.05, 0.1) is 6.26 Å². The Labute approximate surface area is 87.3 Å². The van der Waals surface area contributed by atoms with Gasteiger partial charge in [-0.05, 0) is 25.5 Å². The Balaban J connectivity index is 2.24. The van der Waals surface area contributed by atoms with Crippen molar-refractivity contribution in [1.29, 1.82) is 0 Å². The van der Waals surface area contributed by atoms with E-state index in [9.17, 15) is 0 Å². The molecule has 0 aliphatic rings. The molecule has 0 spiro atoms. The van der Waals surface area contributed by atoms with Gasteiger partial charge in [0.25, 0.3) is 0 Å². The van der Waals surface area contributed by atoms with E-state index in [1.165, 1.54) is 0 Å². The van der Waals surface area contributed by atoms with Crippen molar-refractivity contribution in [3.05, 3.63) is 23.8 Å². The Bertz CT molecular complexity index is 445. The lowest BCUT2D eigenvalue weighted by Crippen LogP contribution is -2.17. The molecule has 2 aromatic rings. The molecule has 1 unspecified atom stereocenters. The first kappa shape index (κ1) is 9.92. The topological polar surface area (TPSA) is 78.1 Å². The minimum absolute atomic E-state index is 0.0102. The third kappa shape index (κ3) is 2.07. The molecule has 0 aliphatic heterocycles. The number of aromatic nitrogens is 2. The summed E-state index contributed by atoms with van der Waals surface area (Å²) in [4.78, 5) is 4.20. The van der Waals surface area contributed by atoms with Gasteiger partial charge in [0.2, 0.25) is 11.7 Å². The highest BCUT2D eigenvalue weighted by Gasteiger charge is 2.14. The molecule has 2 N–H and O–H groups in total. The molecule has 2 aromatic heterocycles. The van der Waals surface area contributed by atoms with Crippen molar-refractivity contribution < 1.29 is 8.94 Å². The number of aryl methyl sites for hydroxylation is 1. The van der Waals surface area contributed by atoms with Crippen LogP contribution < -0.4 is 5.73 Å². The summed E-state index contributed by atoms with van der Waals surface area (Å²) in [6.07, 6.45) is 2.18. The second-order valence-electron chi connectivity index (χ2n) is 3.63. The van der Waals surface area contributed by atoms with E-state index < -0.39 is 0 Å². The molecule has 0 bridgehead atoms. The van der Waals surface area contributed by atoms with Gasteiger partial charge >= 0.3 is 0 Å². The monoisotopic (exact) mass is 207 g/mol. The van der Waals surface area contributed by atoms with Crippen LogP contribution in [0.2, 0.25) is 0 Å². The van der Waals surface area contributed by atoms with Gasteiger partial charge in [-0.1, -0.05) is 5.16 Å². The van der Waals surface area contributed by atoms with Gasteiger partial charge in [-0.3, -0.25) is 0 Å². The standard InChI is InChI=1S/C10H13N3O2/c1-6-3-4-14-9(6)10-12-8(15-13-10)5-7(2)11/h3-4,7H,5,11H2,1-2H3. The summed E-state index contributed by atoms with van der Waals surface area (Å²) < 4.78 is 10.3. The zero-order chi connectivity index (χ0) is 10.8. The van der Waals surface area contributed by atoms with Crippen molar-refractivity contribution >= 4 is 0 Å². The highest BCUT2D eigenvalue weighted by Crippen LogP contribution is 2.21. The smallest absolute Gasteiger partial charge is 0.238 e. The van der Waals surface area contributed by atoms with Crippen LogP contribution >= 0.6 is 0 Å². The Morgan fingerprint density at radius 1 is 1.53 bits per heavy atom. The third-order valence-electron chi connectivity index (χ3n) is 2.03. The van der Waals surface area contributed by atoms with E-state index >= 15 is 0 Å². The number of hydrogen-bond acceptors (Lipinski definition) is 5. The third-order valence-corrected chi connectivity index (χ3v) is 2.03. The lowest BCUT2D eigenvalue weighted by molar-refractivity contribution is 0.371. The van der Waals surface area contributed by atoms with E-state index in [1.807, 2.05) is 19.9 Å². The molecule has 0 aliphatic carbocycles. The van der Waals surface area contributed by atoms with Crippen molar-refractivity contribution in [2.45, 2.75) is 26.3 Å². The molecule has 5 heteroatoms. The highest BCUT2D eigenvalue weighted by atomic mass is 16.5. The van der Waals surface area contributed by atoms with Crippen LogP contribution in [-0.2, 0) is 6.42 Å². The molecule has 1 atom stereocenters. The summed E-state index contributed by atoms with van der Waals surface area (Å²) in [6, 6.07) is 1.87. The first-order valence-corrected chi connectivity index (χ1v) is 4.79. The summed E-state index contributed by atoms with van der Waals surface area (Å²) >= 11 is 0. The fraction of sp³-hybridized carbons (Fsp3) is 0.400. The molecule has 0 saturated heterocycles. The minimum Gasteiger partial charge on any atom is -0.461 e. The predicted octanol–water partition coefficient (Wildman–Crippen LogP) is 1.53. The molecule has 0 amide bonds. The zero-order valence-corrected chi connectivity index (χ0v) is 8.73. The molecule has 2 rings (SSSR count). The summed E-state index contributed by atoms with van der Waals surface area (Å²) in [5, 5.41) is 3.84. The molecule has 80 valence electrons. The summed E-state index contributed by atoms with van der Waals surface area (Å²) in [7, 11) is 0. The van der Waals surface area contributed by atoms with E-state index in [1.54, 1.807) is 6.26 Å². The van der Waals surface area contributed by atoms with E-state index in [-0.39, 0.29) is 6.04 Å². The SMILES string of the molecule is Cc1ccoc1-c1noc(CC(C)N)n1. The van der Waals surface area contributed by atoms with Crippen LogP contribution in [0, 0.1) is 6.92 Å². The maximum atomic E-state index is 5.63. The Morgan fingerprint density at radius 3 is 2.93 bits per heavy atom. The van der Waals surface area contributed by atoms with Crippen molar-refractivity contribution in [2.75, 3.05) is 0 Å². The Kier molecular flexibility index (Phi) is 2.55. The molecule has 0 radical (unpaired) electrons. The number of hydrogen-bond donors (Lipinski definition) is 1. The molecule has 2 heterocycles. The fourth-order valence-electron chi connectivity index (χ4n) is 1.31. The number of rotatable bonds is 3. The number of furan rings is 1. The van der Waals surface area contributed by atoms with Gasteiger partial charge < -0.3 is 14.7 Å². The first-order valence-electron chi connectivity index (χ1n) is 4.79. The van der Waals surface area contributed by atoms with Crippen LogP contribution in [0.4, 0.5) is 0 Å². The average Bonchev–Trinajstić information content (AvgIpc) is 2.72. The maximum Gasteiger partial charge on any atom is 0.238 e. The normalized spacial score (nSPS) is 13.0. The molecule has 5 nitrogen and oxygen atoms in total. The predicted molar refractivity (Wildman–Crippen MR) is 54.1 cm³/mol. The van der Waals surface area contributed by atoms with Gasteiger partial charge in [0.1, 0.15) is 0 Å². The molecular formula is C10H13N3O2. The van der Waals surface area contributed by atoms with Crippen LogP contribution in [0.15, 0.2) is 21.3 Å². The largest absolute Gasteiger partial charge is 0.461 e. The van der Waals surface area contributed by atoms with Crippen molar-refractivity contribution in [1.82, 2.24) is 10.1 Å². The number of nitrogens with zero attached hydrogens (tertiary/aromatic N) is 2. The lowest BCUT2D eigenvalue weighted by atomic mass is 10.2. The number of nitrogens with two attached hydrogens (primary N) is 1. The van der Waals surface area contributed by atoms with E-state index in [4.69, 9.17) is 14.7 Å². The van der Waals surface area contributed by atoms with E-state index in [0.29, 0.717) is 23.9 Å². The van der Waals surface area contributed by atoms with Gasteiger partial charge in [-0.25, -0.2) is 0 Å². The molecular weight excluding hydrogens is 194 g/mol. The van der Waals surface area contributed by atoms with E-state index in [2.05, 4.69) is 10.1 Å². The van der Waals surface area contributed by atoms with Crippen LogP contribution in [0.25, 0.3) is 11.6 Å². The van der Waals surface area contributed by atoms with Crippen LogP contribution in [0.5, 0.6) is 0 Å². The van der Waals surface area contributed by atoms with Gasteiger partial charge in [-0.2, -0.15) is 4.98 Å². The van der Waals surface area contributed by atoms with Gasteiger partial charge in [-0.15, -0.1) is 0 Å². The molecule has 15 heavy (non-hydrogen) atoms. The molecule has 0 saturated carbocycles. The van der Waals surface area contributed by atoms with Crippen molar-refractivity contribution in [3.8, 4) is 11.6 Å². The zero-order valence-electron chi connectivity index (χ0n) is 8.73. The van der Waals surface area contributed by atoms with E-state index in [0.717, 1.165) is 5.56 Å². The van der Waals surface area contributed by atoms with Gasteiger partial charge in [0, 0.05) is 12.5 Å². The Hall–Kier alpha value is -1.62. The maximum absolute atomic E-state index is 5.63. The molecule has 0 fully saturated rings. The fourth-order valence-corrected chi connectivity index (χ4v) is 1.31. The lowest BCUT2D eigenvalue weighted by Gasteiger charge is -1.96. The van der Waals surface area contributed by atoms with Crippen LogP contribution in [-0.4, -0.2) is 16.2 Å². The van der Waals surface area contributed by atoms with Crippen molar-refractivity contribution in [3.63, 3.8) is 0 Å². The second-order valence-corrected chi connectivity index (χ2v) is 3.63. The summed E-state index contributed by atoms with van der Waals surface area (Å²) in [6.45, 7) is 3.82. The van der Waals surface area contributed by atoms with Crippen LogP contribution in [0.3, 0.4) is 0 Å². The van der Waals surface area contributed by atoms with Crippen LogP contribution in [0.1, 0.15) is 18.4 Å². The second kappa shape index (κ2) is 3.86. The summed E-state index contributed by atoms with van der Waals surface area (Å²) in [5.41, 5.74) is 6.62. The quantitative estimate of drug-likeness (QED) is 0.825. The average molecular weight is 207 g/mol. The van der Waals surface area contributed by atoms with Gasteiger partial charge in [0.15, 0.2) is 5.76 Å².